The van der Waals surface area contributed by atoms with Crippen molar-refractivity contribution in [3.8, 4) is 0 Å². The smallest absolute Gasteiger partial charge is 0.225 e. The van der Waals surface area contributed by atoms with Crippen molar-refractivity contribution in [1.29, 1.82) is 0 Å². The zero-order chi connectivity index (χ0) is 14.8. The molecule has 3 rings (SSSR count). The van der Waals surface area contributed by atoms with Crippen LogP contribution < -0.4 is 4.90 Å². The van der Waals surface area contributed by atoms with Crippen molar-refractivity contribution in [2.24, 2.45) is 0 Å². The van der Waals surface area contributed by atoms with Gasteiger partial charge in [-0.15, -0.1) is 10.2 Å². The molecule has 0 unspecified atom stereocenters. The fourth-order valence-electron chi connectivity index (χ4n) is 2.04. The van der Waals surface area contributed by atoms with Gasteiger partial charge in [0.1, 0.15) is 0 Å². The average molecular weight is 320 g/mol. The maximum Gasteiger partial charge on any atom is 0.225 e. The van der Waals surface area contributed by atoms with Gasteiger partial charge >= 0.3 is 0 Å². The Morgan fingerprint density at radius 1 is 1.48 bits per heavy atom. The van der Waals surface area contributed by atoms with Gasteiger partial charge in [-0.1, -0.05) is 29.2 Å². The zero-order valence-electron chi connectivity index (χ0n) is 11.9. The maximum atomic E-state index is 11.7. The van der Waals surface area contributed by atoms with Crippen molar-refractivity contribution in [3.63, 3.8) is 0 Å². The summed E-state index contributed by atoms with van der Waals surface area (Å²) in [6, 6.07) is 4.32. The lowest BCUT2D eigenvalue weighted by Gasteiger charge is -2.15. The summed E-state index contributed by atoms with van der Waals surface area (Å²) in [5, 5.41) is 9.06. The van der Waals surface area contributed by atoms with E-state index in [1.165, 1.54) is 16.9 Å². The summed E-state index contributed by atoms with van der Waals surface area (Å²) in [7, 11) is 0. The summed E-state index contributed by atoms with van der Waals surface area (Å²) in [5.74, 6) is 0.816. The monoisotopic (exact) mass is 320 g/mol. The Balaban J connectivity index is 1.68. The van der Waals surface area contributed by atoms with Crippen LogP contribution in [-0.2, 0) is 10.5 Å². The van der Waals surface area contributed by atoms with Gasteiger partial charge in [-0.2, -0.15) is 0 Å². The highest BCUT2D eigenvalue weighted by Crippen LogP contribution is 2.36. The van der Waals surface area contributed by atoms with E-state index in [0.29, 0.717) is 11.2 Å². The van der Waals surface area contributed by atoms with E-state index in [1.807, 2.05) is 6.07 Å². The summed E-state index contributed by atoms with van der Waals surface area (Å²) < 4.78 is 0.877. The Kier molecular flexibility index (Phi) is 4.21. The van der Waals surface area contributed by atoms with Crippen LogP contribution in [0.1, 0.15) is 31.0 Å². The first kappa shape index (κ1) is 14.5. The first-order chi connectivity index (χ1) is 10.1. The first-order valence-corrected chi connectivity index (χ1v) is 8.62. The van der Waals surface area contributed by atoms with Gasteiger partial charge in [0, 0.05) is 24.9 Å². The SMILES string of the molecule is CC(=O)N(c1nnc(SCc2ncccc2C)s1)C1CC1. The molecule has 7 heteroatoms. The summed E-state index contributed by atoms with van der Waals surface area (Å²) in [5.41, 5.74) is 2.24. The number of pyridine rings is 1. The number of nitrogens with zero attached hydrogens (tertiary/aromatic N) is 4. The van der Waals surface area contributed by atoms with Crippen LogP contribution >= 0.6 is 23.1 Å². The van der Waals surface area contributed by atoms with Gasteiger partial charge in [0.05, 0.1) is 5.69 Å². The molecular formula is C14H16N4OS2. The van der Waals surface area contributed by atoms with Gasteiger partial charge in [0.2, 0.25) is 11.0 Å². The molecule has 5 nitrogen and oxygen atoms in total. The summed E-state index contributed by atoms with van der Waals surface area (Å²) in [6.45, 7) is 3.64. The molecule has 2 aromatic rings. The number of amides is 1. The molecule has 2 aromatic heterocycles. The highest BCUT2D eigenvalue weighted by Gasteiger charge is 2.34. The van der Waals surface area contributed by atoms with Crippen LogP contribution in [0, 0.1) is 6.92 Å². The molecule has 0 radical (unpaired) electrons. The number of hydrogen-bond acceptors (Lipinski definition) is 6. The molecule has 0 atom stereocenters. The molecule has 1 amide bonds. The molecule has 0 bridgehead atoms. The molecule has 2 heterocycles. The molecule has 1 aliphatic carbocycles. The van der Waals surface area contributed by atoms with Crippen LogP contribution in [0.4, 0.5) is 5.13 Å². The molecule has 1 fully saturated rings. The van der Waals surface area contributed by atoms with E-state index in [9.17, 15) is 4.79 Å². The molecule has 110 valence electrons. The van der Waals surface area contributed by atoms with Gasteiger partial charge < -0.3 is 0 Å². The van der Waals surface area contributed by atoms with E-state index < -0.39 is 0 Å². The highest BCUT2D eigenvalue weighted by atomic mass is 32.2. The van der Waals surface area contributed by atoms with E-state index in [4.69, 9.17) is 0 Å². The molecule has 0 aromatic carbocycles. The van der Waals surface area contributed by atoms with Crippen LogP contribution in [0.3, 0.4) is 0 Å². The van der Waals surface area contributed by atoms with Crippen LogP contribution in [0.2, 0.25) is 0 Å². The van der Waals surface area contributed by atoms with Crippen molar-refractivity contribution >= 4 is 34.1 Å². The van der Waals surface area contributed by atoms with Gasteiger partial charge in [-0.25, -0.2) is 0 Å². The molecule has 1 aliphatic rings. The third-order valence-corrected chi connectivity index (χ3v) is 5.37. The summed E-state index contributed by atoms with van der Waals surface area (Å²) >= 11 is 3.10. The van der Waals surface area contributed by atoms with Crippen LogP contribution in [0.5, 0.6) is 0 Å². The number of aryl methyl sites for hydroxylation is 1. The van der Waals surface area contributed by atoms with Crippen LogP contribution in [0.25, 0.3) is 0 Å². The highest BCUT2D eigenvalue weighted by molar-refractivity contribution is 8.00. The van der Waals surface area contributed by atoms with Crippen molar-refractivity contribution in [2.45, 2.75) is 42.8 Å². The maximum absolute atomic E-state index is 11.7. The Labute approximate surface area is 131 Å². The topological polar surface area (TPSA) is 59.0 Å². The molecule has 1 saturated carbocycles. The Morgan fingerprint density at radius 3 is 2.95 bits per heavy atom. The second-order valence-corrected chi connectivity index (χ2v) is 7.20. The lowest BCUT2D eigenvalue weighted by Crippen LogP contribution is -2.30. The number of carbonyl (C=O) groups is 1. The predicted octanol–water partition coefficient (Wildman–Crippen LogP) is 3.05. The Hall–Kier alpha value is -1.47. The molecular weight excluding hydrogens is 304 g/mol. The third kappa shape index (κ3) is 3.41. The van der Waals surface area contributed by atoms with Gasteiger partial charge in [0.25, 0.3) is 0 Å². The van der Waals surface area contributed by atoms with E-state index in [2.05, 4.69) is 28.2 Å². The van der Waals surface area contributed by atoms with E-state index >= 15 is 0 Å². The molecule has 0 saturated heterocycles. The largest absolute Gasteiger partial charge is 0.284 e. The quantitative estimate of drug-likeness (QED) is 0.626. The fraction of sp³-hybridized carbons (Fsp3) is 0.429. The number of carbonyl (C=O) groups excluding carboxylic acids is 1. The number of hydrogen-bond donors (Lipinski definition) is 0. The number of rotatable bonds is 5. The number of anilines is 1. The minimum Gasteiger partial charge on any atom is -0.284 e. The predicted molar refractivity (Wildman–Crippen MR) is 84.6 cm³/mol. The molecule has 0 spiro atoms. The van der Waals surface area contributed by atoms with Crippen molar-refractivity contribution in [1.82, 2.24) is 15.2 Å². The minimum atomic E-state index is 0.0470. The number of thioether (sulfide) groups is 1. The average Bonchev–Trinajstić information content (AvgIpc) is 3.16. The Morgan fingerprint density at radius 2 is 2.29 bits per heavy atom. The van der Waals surface area contributed by atoms with Crippen LogP contribution in [-0.4, -0.2) is 27.1 Å². The number of aromatic nitrogens is 3. The fourth-order valence-corrected chi connectivity index (χ4v) is 4.03. The lowest BCUT2D eigenvalue weighted by atomic mass is 10.2. The van der Waals surface area contributed by atoms with Crippen molar-refractivity contribution in [3.05, 3.63) is 29.6 Å². The molecule has 0 N–H and O–H groups in total. The van der Waals surface area contributed by atoms with E-state index in [0.717, 1.165) is 28.6 Å². The standard InChI is InChI=1S/C14H16N4OS2/c1-9-4-3-7-15-12(9)8-20-14-17-16-13(21-14)18(10(2)19)11-5-6-11/h3-4,7,11H,5-6,8H2,1-2H3. The lowest BCUT2D eigenvalue weighted by molar-refractivity contribution is -0.116. The third-order valence-electron chi connectivity index (χ3n) is 3.30. The van der Waals surface area contributed by atoms with Crippen molar-refractivity contribution in [2.75, 3.05) is 4.90 Å². The van der Waals surface area contributed by atoms with Gasteiger partial charge in [0.15, 0.2) is 4.34 Å². The van der Waals surface area contributed by atoms with E-state index in [1.54, 1.807) is 29.8 Å². The van der Waals surface area contributed by atoms with E-state index in [-0.39, 0.29) is 5.91 Å². The zero-order valence-corrected chi connectivity index (χ0v) is 13.6. The normalized spacial score (nSPS) is 14.2. The van der Waals surface area contributed by atoms with Crippen LogP contribution in [0.15, 0.2) is 22.7 Å². The second-order valence-electron chi connectivity index (χ2n) is 5.03. The molecule has 21 heavy (non-hydrogen) atoms. The second kappa shape index (κ2) is 6.11. The first-order valence-electron chi connectivity index (χ1n) is 6.81. The molecule has 0 aliphatic heterocycles. The summed E-state index contributed by atoms with van der Waals surface area (Å²) in [6.07, 6.45) is 3.93. The Bertz CT molecular complexity index is 654. The minimum absolute atomic E-state index is 0.0470. The summed E-state index contributed by atoms with van der Waals surface area (Å²) in [4.78, 5) is 17.9. The van der Waals surface area contributed by atoms with Crippen molar-refractivity contribution < 1.29 is 4.79 Å². The van der Waals surface area contributed by atoms with Gasteiger partial charge in [-0.05, 0) is 31.4 Å². The van der Waals surface area contributed by atoms with Gasteiger partial charge in [-0.3, -0.25) is 14.7 Å².